The number of anilines is 3. The lowest BCUT2D eigenvalue weighted by atomic mass is 9.88. The SMILES string of the molecule is Cn1c(=O)n([C@H]2CCC(=O)NC2=O)c2cccc(CCCCN(CCN)CC(=O)N3CC(N4CCC(c5ccc(Nc6nc(N7CCCCC7)cnc6C(N)=O)cc5)CC4)C3)c21. The molecule has 0 radical (unpaired) electrons. The van der Waals surface area contributed by atoms with Gasteiger partial charge in [-0.25, -0.2) is 14.8 Å². The largest absolute Gasteiger partial charge is 0.364 e. The molecule has 330 valence electrons. The molecule has 62 heavy (non-hydrogen) atoms. The maximum absolute atomic E-state index is 13.4. The van der Waals surface area contributed by atoms with E-state index in [2.05, 4.69) is 42.5 Å². The van der Waals surface area contributed by atoms with Crippen LogP contribution in [-0.4, -0.2) is 129 Å². The molecule has 17 heteroatoms. The number of piperidine rings is 3. The van der Waals surface area contributed by atoms with Gasteiger partial charge in [-0.05, 0) is 113 Å². The molecule has 0 saturated carbocycles. The maximum Gasteiger partial charge on any atom is 0.329 e. The van der Waals surface area contributed by atoms with Crippen molar-refractivity contribution in [2.75, 3.05) is 75.7 Å². The summed E-state index contributed by atoms with van der Waals surface area (Å²) in [7, 11) is 1.73. The van der Waals surface area contributed by atoms with Gasteiger partial charge in [-0.15, -0.1) is 0 Å². The summed E-state index contributed by atoms with van der Waals surface area (Å²) in [6.45, 7) is 7.51. The predicted octanol–water partition coefficient (Wildman–Crippen LogP) is 2.61. The first-order valence-corrected chi connectivity index (χ1v) is 22.3. The first kappa shape index (κ1) is 43.0. The molecule has 0 aliphatic carbocycles. The lowest BCUT2D eigenvalue weighted by Gasteiger charge is -2.48. The standard InChI is InChI=1S/C45H60N12O5/c1-52-41-32(9-7-10-35(41)57(45(52)62)36-15-16-38(58)51-44(36)61)8-3-6-20-53(25-19-46)29-39(59)56-27-34(28-56)54-23-17-31(18-24-54)30-11-13-33(14-12-30)49-43-40(42(47)60)48-26-37(50-43)55-21-4-2-5-22-55/h7,9-14,26,31,34,36H,2-6,8,15-25,27-29,46H2,1H3,(H2,47,60)(H,49,50)(H,51,58,61)/t36-/m0/s1. The van der Waals surface area contributed by atoms with Gasteiger partial charge in [0.15, 0.2) is 11.5 Å². The molecule has 4 aliphatic rings. The van der Waals surface area contributed by atoms with Crippen LogP contribution in [0.15, 0.2) is 53.5 Å². The Kier molecular flexibility index (Phi) is 13.3. The fraction of sp³-hybridized carbons (Fsp3) is 0.533. The average molecular weight is 849 g/mol. The van der Waals surface area contributed by atoms with Gasteiger partial charge in [0.1, 0.15) is 11.9 Å². The zero-order valence-corrected chi connectivity index (χ0v) is 35.8. The second-order valence-corrected chi connectivity index (χ2v) is 17.3. The number of nitrogens with zero attached hydrogens (tertiary/aromatic N) is 8. The number of hydrogen-bond donors (Lipinski definition) is 4. The van der Waals surface area contributed by atoms with Crippen molar-refractivity contribution < 1.29 is 19.2 Å². The van der Waals surface area contributed by atoms with E-state index in [1.807, 2.05) is 35.2 Å². The molecule has 17 nitrogen and oxygen atoms in total. The van der Waals surface area contributed by atoms with Crippen molar-refractivity contribution >= 4 is 52.0 Å². The summed E-state index contributed by atoms with van der Waals surface area (Å²) in [4.78, 5) is 81.2. The number of imidazole rings is 1. The highest BCUT2D eigenvalue weighted by molar-refractivity contribution is 6.00. The molecule has 2 aromatic heterocycles. The van der Waals surface area contributed by atoms with E-state index in [9.17, 15) is 24.0 Å². The highest BCUT2D eigenvalue weighted by Crippen LogP contribution is 2.32. The van der Waals surface area contributed by atoms with Crippen LogP contribution in [0.25, 0.3) is 11.0 Å². The molecule has 4 aliphatic heterocycles. The molecule has 8 rings (SSSR count). The molecule has 6 heterocycles. The quantitative estimate of drug-likeness (QED) is 0.0948. The zero-order chi connectivity index (χ0) is 43.3. The molecular formula is C45H60N12O5. The number of aryl methyl sites for hydroxylation is 2. The van der Waals surface area contributed by atoms with Crippen LogP contribution >= 0.6 is 0 Å². The van der Waals surface area contributed by atoms with E-state index in [0.717, 1.165) is 113 Å². The van der Waals surface area contributed by atoms with Crippen LogP contribution in [0.2, 0.25) is 0 Å². The third-order valence-electron chi connectivity index (χ3n) is 13.3. The summed E-state index contributed by atoms with van der Waals surface area (Å²) in [5, 5.41) is 5.66. The zero-order valence-electron chi connectivity index (χ0n) is 35.8. The summed E-state index contributed by atoms with van der Waals surface area (Å²) < 4.78 is 3.12. The molecule has 6 N–H and O–H groups in total. The third kappa shape index (κ3) is 9.39. The van der Waals surface area contributed by atoms with Crippen LogP contribution in [0.1, 0.15) is 91.4 Å². The van der Waals surface area contributed by atoms with Crippen molar-refractivity contribution in [3.05, 3.63) is 76.0 Å². The highest BCUT2D eigenvalue weighted by Gasteiger charge is 2.37. The lowest BCUT2D eigenvalue weighted by Crippen LogP contribution is -2.63. The van der Waals surface area contributed by atoms with Gasteiger partial charge in [-0.1, -0.05) is 24.3 Å². The Balaban J connectivity index is 0.777. The number of para-hydroxylation sites is 1. The number of nitrogens with one attached hydrogen (secondary N) is 2. The van der Waals surface area contributed by atoms with E-state index in [1.54, 1.807) is 17.8 Å². The maximum atomic E-state index is 13.4. The Labute approximate surface area is 361 Å². The number of primary amides is 1. The van der Waals surface area contributed by atoms with E-state index < -0.39 is 17.9 Å². The first-order valence-electron chi connectivity index (χ1n) is 22.3. The summed E-state index contributed by atoms with van der Waals surface area (Å²) >= 11 is 0. The molecule has 4 amide bonds. The number of nitrogens with two attached hydrogens (primary N) is 2. The van der Waals surface area contributed by atoms with Crippen molar-refractivity contribution in [3.8, 4) is 0 Å². The second-order valence-electron chi connectivity index (χ2n) is 17.3. The van der Waals surface area contributed by atoms with E-state index in [1.165, 1.54) is 16.6 Å². The number of likely N-dealkylation sites (tertiary alicyclic amines) is 2. The number of fused-ring (bicyclic) bond motifs is 1. The topological polar surface area (TPSA) is 210 Å². The van der Waals surface area contributed by atoms with Crippen LogP contribution in [0.5, 0.6) is 0 Å². The highest BCUT2D eigenvalue weighted by atomic mass is 16.2. The minimum Gasteiger partial charge on any atom is -0.364 e. The van der Waals surface area contributed by atoms with Crippen LogP contribution < -0.4 is 32.7 Å². The fourth-order valence-corrected chi connectivity index (χ4v) is 9.73. The summed E-state index contributed by atoms with van der Waals surface area (Å²) in [6.07, 6.45) is 10.1. The normalized spacial score (nSPS) is 19.2. The van der Waals surface area contributed by atoms with E-state index in [0.29, 0.717) is 49.3 Å². The second kappa shape index (κ2) is 19.2. The average Bonchev–Trinajstić information content (AvgIpc) is 3.51. The number of benzene rings is 2. The molecule has 0 bridgehead atoms. The van der Waals surface area contributed by atoms with Gasteiger partial charge >= 0.3 is 5.69 Å². The molecular weight excluding hydrogens is 789 g/mol. The van der Waals surface area contributed by atoms with Gasteiger partial charge < -0.3 is 26.6 Å². The Bertz CT molecular complexity index is 2320. The lowest BCUT2D eigenvalue weighted by molar-refractivity contribution is -0.140. The molecule has 4 fully saturated rings. The van der Waals surface area contributed by atoms with E-state index in [4.69, 9.17) is 16.5 Å². The monoisotopic (exact) mass is 848 g/mol. The van der Waals surface area contributed by atoms with Gasteiger partial charge in [0.2, 0.25) is 17.7 Å². The van der Waals surface area contributed by atoms with Crippen molar-refractivity contribution in [1.29, 1.82) is 0 Å². The summed E-state index contributed by atoms with van der Waals surface area (Å²) in [5.41, 5.74) is 16.1. The van der Waals surface area contributed by atoms with Gasteiger partial charge in [-0.2, -0.15) is 0 Å². The van der Waals surface area contributed by atoms with Crippen LogP contribution in [0.3, 0.4) is 0 Å². The predicted molar refractivity (Wildman–Crippen MR) is 237 cm³/mol. The molecule has 0 spiro atoms. The Morgan fingerprint density at radius 3 is 2.40 bits per heavy atom. The number of amides is 4. The van der Waals surface area contributed by atoms with Crippen molar-refractivity contribution in [3.63, 3.8) is 0 Å². The van der Waals surface area contributed by atoms with Gasteiger partial charge in [0, 0.05) is 64.5 Å². The number of hydrogen-bond acceptors (Lipinski definition) is 12. The fourth-order valence-electron chi connectivity index (χ4n) is 9.73. The molecule has 0 unspecified atom stereocenters. The Morgan fingerprint density at radius 1 is 0.935 bits per heavy atom. The number of carbonyl (C=O) groups is 4. The molecule has 4 aromatic rings. The number of unbranched alkanes of at least 4 members (excludes halogenated alkanes) is 1. The smallest absolute Gasteiger partial charge is 0.329 e. The summed E-state index contributed by atoms with van der Waals surface area (Å²) in [5.74, 6) is 0.346. The van der Waals surface area contributed by atoms with Crippen LogP contribution in [0, 0.1) is 0 Å². The van der Waals surface area contributed by atoms with Crippen LogP contribution in [-0.2, 0) is 27.9 Å². The van der Waals surface area contributed by atoms with Gasteiger partial charge in [0.05, 0.1) is 23.8 Å². The third-order valence-corrected chi connectivity index (χ3v) is 13.3. The van der Waals surface area contributed by atoms with E-state index in [-0.39, 0.29) is 29.6 Å². The molecule has 1 atom stereocenters. The Hall–Kier alpha value is -5.65. The number of aromatic nitrogens is 4. The van der Waals surface area contributed by atoms with E-state index >= 15 is 0 Å². The molecule has 2 aromatic carbocycles. The van der Waals surface area contributed by atoms with Crippen molar-refractivity contribution in [2.24, 2.45) is 18.5 Å². The molecule has 4 saturated heterocycles. The number of rotatable bonds is 16. The number of carbonyl (C=O) groups excluding carboxylic acids is 4. The summed E-state index contributed by atoms with van der Waals surface area (Å²) in [6, 6.07) is 13.8. The minimum atomic E-state index is -0.716. The van der Waals surface area contributed by atoms with Crippen LogP contribution in [0.4, 0.5) is 17.3 Å². The first-order chi connectivity index (χ1) is 30.1. The minimum absolute atomic E-state index is 0.128. The van der Waals surface area contributed by atoms with Gasteiger partial charge in [-0.3, -0.25) is 43.4 Å². The van der Waals surface area contributed by atoms with Crippen molar-refractivity contribution in [2.45, 2.75) is 82.2 Å². The van der Waals surface area contributed by atoms with Crippen molar-refractivity contribution in [1.82, 2.24) is 39.1 Å². The Morgan fingerprint density at radius 2 is 1.69 bits per heavy atom. The van der Waals surface area contributed by atoms with Gasteiger partial charge in [0.25, 0.3) is 5.91 Å². The number of imide groups is 1.